The van der Waals surface area contributed by atoms with E-state index in [2.05, 4.69) is 34.5 Å². The van der Waals surface area contributed by atoms with Gasteiger partial charge in [-0.3, -0.25) is 0 Å². The molecule has 0 aliphatic heterocycles. The summed E-state index contributed by atoms with van der Waals surface area (Å²) in [5, 5.41) is 6.64. The van der Waals surface area contributed by atoms with Crippen LogP contribution in [-0.2, 0) is 11.3 Å². The Kier molecular flexibility index (Phi) is 9.87. The van der Waals surface area contributed by atoms with Crippen molar-refractivity contribution in [3.8, 4) is 5.88 Å². The van der Waals surface area contributed by atoms with Crippen LogP contribution in [0.2, 0.25) is 0 Å². The average Bonchev–Trinajstić information content (AvgIpc) is 3.48. The van der Waals surface area contributed by atoms with E-state index >= 15 is 0 Å². The van der Waals surface area contributed by atoms with Crippen LogP contribution >= 0.6 is 0 Å². The zero-order chi connectivity index (χ0) is 18.5. The van der Waals surface area contributed by atoms with E-state index < -0.39 is 0 Å². The first-order valence-corrected chi connectivity index (χ1v) is 9.99. The molecular weight excluding hydrogens is 328 g/mol. The van der Waals surface area contributed by atoms with Gasteiger partial charge in [0, 0.05) is 38.6 Å². The lowest BCUT2D eigenvalue weighted by atomic mass is 10.3. The van der Waals surface area contributed by atoms with Crippen molar-refractivity contribution in [2.24, 2.45) is 10.9 Å². The molecular formula is C20H34N4O2. The SMILES string of the molecule is CCCCOCCCNC(=NCc1ccnc(OCC2CC2)c1)NCC. The molecule has 1 aromatic rings. The number of hydrogen-bond acceptors (Lipinski definition) is 4. The summed E-state index contributed by atoms with van der Waals surface area (Å²) in [5.41, 5.74) is 1.10. The fourth-order valence-corrected chi connectivity index (χ4v) is 2.36. The number of aromatic nitrogens is 1. The van der Waals surface area contributed by atoms with Gasteiger partial charge in [0.1, 0.15) is 0 Å². The van der Waals surface area contributed by atoms with Crippen LogP contribution in [0.1, 0.15) is 51.5 Å². The number of aliphatic imine (C=N–C) groups is 1. The van der Waals surface area contributed by atoms with Gasteiger partial charge in [0.15, 0.2) is 5.96 Å². The highest BCUT2D eigenvalue weighted by atomic mass is 16.5. The Morgan fingerprint density at radius 2 is 2.08 bits per heavy atom. The molecule has 26 heavy (non-hydrogen) atoms. The first kappa shape index (κ1) is 20.5. The van der Waals surface area contributed by atoms with Gasteiger partial charge in [-0.25, -0.2) is 9.98 Å². The van der Waals surface area contributed by atoms with E-state index in [9.17, 15) is 0 Å². The van der Waals surface area contributed by atoms with Crippen molar-refractivity contribution in [3.63, 3.8) is 0 Å². The summed E-state index contributed by atoms with van der Waals surface area (Å²) in [6.45, 7) is 8.97. The topological polar surface area (TPSA) is 67.8 Å². The molecule has 1 aliphatic rings. The van der Waals surface area contributed by atoms with Crippen LogP contribution in [0, 0.1) is 5.92 Å². The molecule has 0 unspecified atom stereocenters. The fraction of sp³-hybridized carbons (Fsp3) is 0.700. The summed E-state index contributed by atoms with van der Waals surface area (Å²) in [7, 11) is 0. The molecule has 0 spiro atoms. The molecule has 2 N–H and O–H groups in total. The van der Waals surface area contributed by atoms with Crippen molar-refractivity contribution < 1.29 is 9.47 Å². The summed E-state index contributed by atoms with van der Waals surface area (Å²) in [5.74, 6) is 2.26. The zero-order valence-electron chi connectivity index (χ0n) is 16.3. The number of ether oxygens (including phenoxy) is 2. The smallest absolute Gasteiger partial charge is 0.213 e. The Hall–Kier alpha value is -1.82. The molecule has 6 nitrogen and oxygen atoms in total. The van der Waals surface area contributed by atoms with Gasteiger partial charge in [-0.05, 0) is 50.2 Å². The third-order valence-electron chi connectivity index (χ3n) is 4.13. The second-order valence-corrected chi connectivity index (χ2v) is 6.70. The first-order chi connectivity index (χ1) is 12.8. The van der Waals surface area contributed by atoms with Crippen LogP contribution in [0.4, 0.5) is 0 Å². The summed E-state index contributed by atoms with van der Waals surface area (Å²) in [6, 6.07) is 3.97. The lowest BCUT2D eigenvalue weighted by Gasteiger charge is -2.11. The highest BCUT2D eigenvalue weighted by Gasteiger charge is 2.22. The van der Waals surface area contributed by atoms with Crippen LogP contribution in [0.15, 0.2) is 23.3 Å². The number of pyridine rings is 1. The van der Waals surface area contributed by atoms with Crippen molar-refractivity contribution in [1.82, 2.24) is 15.6 Å². The average molecular weight is 363 g/mol. The van der Waals surface area contributed by atoms with Gasteiger partial charge in [-0.1, -0.05) is 13.3 Å². The summed E-state index contributed by atoms with van der Waals surface area (Å²) in [6.07, 6.45) is 7.65. The second-order valence-electron chi connectivity index (χ2n) is 6.70. The highest BCUT2D eigenvalue weighted by molar-refractivity contribution is 5.79. The molecule has 2 rings (SSSR count). The molecule has 0 amide bonds. The van der Waals surface area contributed by atoms with Crippen LogP contribution in [0.25, 0.3) is 0 Å². The lowest BCUT2D eigenvalue weighted by molar-refractivity contribution is 0.129. The number of hydrogen-bond donors (Lipinski definition) is 2. The van der Waals surface area contributed by atoms with Crippen LogP contribution in [0.3, 0.4) is 0 Å². The van der Waals surface area contributed by atoms with Crippen LogP contribution < -0.4 is 15.4 Å². The minimum absolute atomic E-state index is 0.602. The van der Waals surface area contributed by atoms with Crippen molar-refractivity contribution >= 4 is 5.96 Å². The third-order valence-corrected chi connectivity index (χ3v) is 4.13. The molecule has 6 heteroatoms. The molecule has 1 aliphatic carbocycles. The number of rotatable bonds is 13. The Balaban J connectivity index is 1.71. The standard InChI is InChI=1S/C20H34N4O2/c1-3-5-12-25-13-6-10-23-20(21-4-2)24-15-18-9-11-22-19(14-18)26-16-17-7-8-17/h9,11,14,17H,3-8,10,12-13,15-16H2,1-2H3,(H2,21,23,24). The maximum atomic E-state index is 5.74. The normalized spacial score (nSPS) is 14.3. The predicted octanol–water partition coefficient (Wildman–Crippen LogP) is 3.13. The molecule has 0 aromatic carbocycles. The molecule has 0 radical (unpaired) electrons. The number of unbranched alkanes of at least 4 members (excludes halogenated alkanes) is 1. The van der Waals surface area contributed by atoms with Crippen molar-refractivity contribution in [1.29, 1.82) is 0 Å². The molecule has 0 saturated heterocycles. The van der Waals surface area contributed by atoms with Crippen molar-refractivity contribution in [3.05, 3.63) is 23.9 Å². The fourth-order valence-electron chi connectivity index (χ4n) is 2.36. The summed E-state index contributed by atoms with van der Waals surface area (Å²) >= 11 is 0. The Morgan fingerprint density at radius 3 is 2.85 bits per heavy atom. The van der Waals surface area contributed by atoms with E-state index in [0.29, 0.717) is 12.4 Å². The van der Waals surface area contributed by atoms with Gasteiger partial charge in [0.2, 0.25) is 5.88 Å². The molecule has 0 bridgehead atoms. The molecule has 146 valence electrons. The Labute approximate surface area is 157 Å². The van der Waals surface area contributed by atoms with E-state index in [0.717, 1.165) is 63.2 Å². The van der Waals surface area contributed by atoms with Gasteiger partial charge in [0.25, 0.3) is 0 Å². The predicted molar refractivity (Wildman–Crippen MR) is 106 cm³/mol. The minimum atomic E-state index is 0.602. The second kappa shape index (κ2) is 12.5. The van der Waals surface area contributed by atoms with Crippen molar-refractivity contribution in [2.75, 3.05) is 32.9 Å². The van der Waals surface area contributed by atoms with Crippen LogP contribution in [-0.4, -0.2) is 43.9 Å². The van der Waals surface area contributed by atoms with Gasteiger partial charge in [-0.15, -0.1) is 0 Å². The lowest BCUT2D eigenvalue weighted by Crippen LogP contribution is -2.38. The molecule has 1 saturated carbocycles. The van der Waals surface area contributed by atoms with Crippen molar-refractivity contribution in [2.45, 2.75) is 52.5 Å². The molecule has 1 fully saturated rings. The van der Waals surface area contributed by atoms with Crippen LogP contribution in [0.5, 0.6) is 5.88 Å². The van der Waals surface area contributed by atoms with Gasteiger partial charge in [-0.2, -0.15) is 0 Å². The first-order valence-electron chi connectivity index (χ1n) is 9.99. The molecule has 0 atom stereocenters. The Bertz CT molecular complexity index is 532. The van der Waals surface area contributed by atoms with E-state index in [4.69, 9.17) is 9.47 Å². The molecule has 1 aromatic heterocycles. The van der Waals surface area contributed by atoms with E-state index in [-0.39, 0.29) is 0 Å². The molecule has 1 heterocycles. The van der Waals surface area contributed by atoms with E-state index in [1.54, 1.807) is 6.20 Å². The largest absolute Gasteiger partial charge is 0.477 e. The van der Waals surface area contributed by atoms with Gasteiger partial charge < -0.3 is 20.1 Å². The quantitative estimate of drug-likeness (QED) is 0.321. The number of nitrogens with zero attached hydrogens (tertiary/aromatic N) is 2. The highest BCUT2D eigenvalue weighted by Crippen LogP contribution is 2.29. The maximum Gasteiger partial charge on any atom is 0.213 e. The van der Waals surface area contributed by atoms with Gasteiger partial charge in [0.05, 0.1) is 13.2 Å². The summed E-state index contributed by atoms with van der Waals surface area (Å²) in [4.78, 5) is 8.93. The minimum Gasteiger partial charge on any atom is -0.477 e. The van der Waals surface area contributed by atoms with E-state index in [1.165, 1.54) is 19.3 Å². The zero-order valence-corrected chi connectivity index (χ0v) is 16.3. The summed E-state index contributed by atoms with van der Waals surface area (Å²) < 4.78 is 11.3. The number of guanidine groups is 1. The third kappa shape index (κ3) is 9.04. The Morgan fingerprint density at radius 1 is 1.23 bits per heavy atom. The van der Waals surface area contributed by atoms with E-state index in [1.807, 2.05) is 12.1 Å². The monoisotopic (exact) mass is 362 g/mol. The maximum absolute atomic E-state index is 5.74. The number of nitrogens with one attached hydrogen (secondary N) is 2. The van der Waals surface area contributed by atoms with Gasteiger partial charge >= 0.3 is 0 Å².